The summed E-state index contributed by atoms with van der Waals surface area (Å²) in [4.78, 5) is 26.9. The fourth-order valence-electron chi connectivity index (χ4n) is 4.43. The lowest BCUT2D eigenvalue weighted by Gasteiger charge is -2.49. The van der Waals surface area contributed by atoms with Crippen molar-refractivity contribution in [3.05, 3.63) is 29.8 Å². The van der Waals surface area contributed by atoms with E-state index >= 15 is 0 Å². The predicted molar refractivity (Wildman–Crippen MR) is 98.3 cm³/mol. The second-order valence-corrected chi connectivity index (χ2v) is 7.78. The number of carbonyl (C=O) groups is 2. The molecular weight excluding hydrogens is 370 g/mol. The van der Waals surface area contributed by atoms with Gasteiger partial charge >= 0.3 is 5.97 Å². The zero-order valence-corrected chi connectivity index (χ0v) is 16.0. The summed E-state index contributed by atoms with van der Waals surface area (Å²) in [7, 11) is 0. The zero-order chi connectivity index (χ0) is 20.4. The van der Waals surface area contributed by atoms with Crippen LogP contribution >= 0.6 is 0 Å². The molecule has 2 aliphatic heterocycles. The molecule has 3 rings (SSSR count). The number of alkyl halides is 2. The number of hydrogen-bond acceptors (Lipinski definition) is 4. The van der Waals surface area contributed by atoms with Crippen LogP contribution in [-0.4, -0.2) is 65.5 Å². The number of carboxylic acid groups (broad SMARTS) is 1. The summed E-state index contributed by atoms with van der Waals surface area (Å²) in [6.07, 6.45) is 0.825. The Morgan fingerprint density at radius 3 is 2.82 bits per heavy atom. The molecule has 0 saturated carbocycles. The topological polar surface area (TPSA) is 70.1 Å². The number of carboxylic acids is 1. The van der Waals surface area contributed by atoms with Gasteiger partial charge in [0, 0.05) is 32.6 Å². The first-order valence-corrected chi connectivity index (χ1v) is 9.56. The van der Waals surface area contributed by atoms with E-state index in [1.165, 1.54) is 0 Å². The smallest absolute Gasteiger partial charge is 0.341 e. The van der Waals surface area contributed by atoms with Crippen molar-refractivity contribution in [2.75, 3.05) is 32.8 Å². The Kier molecular flexibility index (Phi) is 5.88. The van der Waals surface area contributed by atoms with E-state index in [4.69, 9.17) is 9.84 Å². The lowest BCUT2D eigenvalue weighted by atomic mass is 9.71. The van der Waals surface area contributed by atoms with E-state index in [1.54, 1.807) is 34.1 Å². The molecule has 2 fully saturated rings. The number of amides is 1. The van der Waals surface area contributed by atoms with Crippen LogP contribution in [0.25, 0.3) is 0 Å². The summed E-state index contributed by atoms with van der Waals surface area (Å²) in [6.45, 7) is 2.74. The minimum absolute atomic E-state index is 0.163. The molecule has 28 heavy (non-hydrogen) atoms. The number of nitrogens with zero attached hydrogens (tertiary/aromatic N) is 2. The molecule has 8 heteroatoms. The van der Waals surface area contributed by atoms with Crippen LogP contribution in [0.4, 0.5) is 8.78 Å². The number of hydrogen-bond donors (Lipinski definition) is 1. The molecule has 1 aromatic rings. The number of aliphatic carboxylic acids is 1. The van der Waals surface area contributed by atoms with Gasteiger partial charge in [0.2, 0.25) is 5.91 Å². The Labute approximate surface area is 163 Å². The van der Waals surface area contributed by atoms with Crippen LogP contribution in [0.1, 0.15) is 31.7 Å². The van der Waals surface area contributed by atoms with Gasteiger partial charge in [0.1, 0.15) is 5.75 Å². The van der Waals surface area contributed by atoms with Crippen molar-refractivity contribution >= 4 is 11.9 Å². The molecule has 1 spiro atoms. The second-order valence-electron chi connectivity index (χ2n) is 7.78. The maximum absolute atomic E-state index is 14.6. The van der Waals surface area contributed by atoms with Crippen molar-refractivity contribution in [1.29, 1.82) is 0 Å². The third-order valence-corrected chi connectivity index (χ3v) is 5.45. The van der Waals surface area contributed by atoms with Gasteiger partial charge < -0.3 is 14.7 Å². The molecule has 0 radical (unpaired) electrons. The van der Waals surface area contributed by atoms with Crippen molar-refractivity contribution in [1.82, 2.24) is 9.80 Å². The molecule has 6 nitrogen and oxygen atoms in total. The Hall–Kier alpha value is -2.22. The van der Waals surface area contributed by atoms with Gasteiger partial charge in [-0.1, -0.05) is 12.1 Å². The molecule has 154 valence electrons. The predicted octanol–water partition coefficient (Wildman–Crippen LogP) is 2.62. The minimum Gasteiger partial charge on any atom is -0.482 e. The summed E-state index contributed by atoms with van der Waals surface area (Å²) < 4.78 is 34.3. The first kappa shape index (κ1) is 20.5. The van der Waals surface area contributed by atoms with E-state index in [9.17, 15) is 18.4 Å². The van der Waals surface area contributed by atoms with Crippen molar-refractivity contribution in [2.45, 2.75) is 38.7 Å². The fraction of sp³-hybridized carbons (Fsp3) is 0.600. The molecule has 2 aliphatic rings. The maximum atomic E-state index is 14.6. The van der Waals surface area contributed by atoms with Crippen molar-refractivity contribution < 1.29 is 28.2 Å². The highest BCUT2D eigenvalue weighted by Gasteiger charge is 2.54. The molecule has 0 aliphatic carbocycles. The summed E-state index contributed by atoms with van der Waals surface area (Å²) in [5.41, 5.74) is -0.292. The van der Waals surface area contributed by atoms with E-state index in [1.807, 2.05) is 6.92 Å². The van der Waals surface area contributed by atoms with E-state index in [2.05, 4.69) is 0 Å². The third kappa shape index (κ3) is 4.60. The SMILES string of the molecule is CCN1CCCC2(CN(Cc3cccc(OCC(=O)O)c3)CC(F)(F)C2)C1=O. The van der Waals surface area contributed by atoms with Crippen LogP contribution < -0.4 is 4.74 Å². The number of ether oxygens (including phenoxy) is 1. The van der Waals surface area contributed by atoms with Crippen LogP contribution in [0.3, 0.4) is 0 Å². The summed E-state index contributed by atoms with van der Waals surface area (Å²) in [6, 6.07) is 6.77. The number of rotatable bonds is 6. The van der Waals surface area contributed by atoms with Gasteiger partial charge in [-0.05, 0) is 37.5 Å². The number of halogens is 2. The average molecular weight is 396 g/mol. The molecule has 2 saturated heterocycles. The number of carbonyl (C=O) groups excluding carboxylic acids is 1. The Morgan fingerprint density at radius 2 is 2.11 bits per heavy atom. The normalized spacial score (nSPS) is 25.1. The number of piperidine rings is 2. The highest BCUT2D eigenvalue weighted by Crippen LogP contribution is 2.45. The van der Waals surface area contributed by atoms with Crippen LogP contribution in [-0.2, 0) is 16.1 Å². The van der Waals surface area contributed by atoms with Crippen molar-refractivity contribution in [3.63, 3.8) is 0 Å². The third-order valence-electron chi connectivity index (χ3n) is 5.45. The van der Waals surface area contributed by atoms with Gasteiger partial charge in [0.15, 0.2) is 6.61 Å². The first-order chi connectivity index (χ1) is 13.2. The van der Waals surface area contributed by atoms with Crippen LogP contribution in [0.15, 0.2) is 24.3 Å². The van der Waals surface area contributed by atoms with Gasteiger partial charge in [0.25, 0.3) is 5.92 Å². The standard InChI is InChI=1S/C20H26F2N2O4/c1-2-24-8-4-7-19(18(24)27)12-20(21,22)14-23(13-19)10-15-5-3-6-16(9-15)28-11-17(25)26/h3,5-6,9H,2,4,7-8,10-14H2,1H3,(H,25,26). The molecule has 0 aromatic heterocycles. The van der Waals surface area contributed by atoms with Gasteiger partial charge in [0.05, 0.1) is 12.0 Å². The van der Waals surface area contributed by atoms with E-state index < -0.39 is 36.9 Å². The summed E-state index contributed by atoms with van der Waals surface area (Å²) in [5.74, 6) is -3.80. The molecule has 2 heterocycles. The highest BCUT2D eigenvalue weighted by atomic mass is 19.3. The van der Waals surface area contributed by atoms with Gasteiger partial charge in [-0.25, -0.2) is 13.6 Å². The lowest BCUT2D eigenvalue weighted by Crippen LogP contribution is -2.60. The number of benzene rings is 1. The second kappa shape index (κ2) is 8.03. The quantitative estimate of drug-likeness (QED) is 0.801. The van der Waals surface area contributed by atoms with Crippen molar-refractivity contribution in [3.8, 4) is 5.75 Å². The van der Waals surface area contributed by atoms with E-state index in [0.717, 1.165) is 12.0 Å². The largest absolute Gasteiger partial charge is 0.482 e. The molecule has 1 aromatic carbocycles. The summed E-state index contributed by atoms with van der Waals surface area (Å²) in [5, 5.41) is 8.72. The maximum Gasteiger partial charge on any atom is 0.341 e. The average Bonchev–Trinajstić information content (AvgIpc) is 2.61. The van der Waals surface area contributed by atoms with Crippen LogP contribution in [0.2, 0.25) is 0 Å². The summed E-state index contributed by atoms with van der Waals surface area (Å²) >= 11 is 0. The first-order valence-electron chi connectivity index (χ1n) is 9.56. The molecule has 1 unspecified atom stereocenters. The van der Waals surface area contributed by atoms with Gasteiger partial charge in [-0.2, -0.15) is 0 Å². The highest BCUT2D eigenvalue weighted by molar-refractivity contribution is 5.84. The monoisotopic (exact) mass is 396 g/mol. The molecule has 1 amide bonds. The molecule has 1 N–H and O–H groups in total. The Balaban J connectivity index is 1.76. The fourth-order valence-corrected chi connectivity index (χ4v) is 4.43. The number of likely N-dealkylation sites (tertiary alicyclic amines) is 2. The Bertz CT molecular complexity index is 743. The van der Waals surface area contributed by atoms with Crippen LogP contribution in [0.5, 0.6) is 5.75 Å². The van der Waals surface area contributed by atoms with Gasteiger partial charge in [-0.15, -0.1) is 0 Å². The molecule has 1 atom stereocenters. The zero-order valence-electron chi connectivity index (χ0n) is 16.0. The minimum atomic E-state index is -2.93. The molecule has 0 bridgehead atoms. The molecular formula is C20H26F2N2O4. The lowest BCUT2D eigenvalue weighted by molar-refractivity contribution is -0.170. The van der Waals surface area contributed by atoms with Crippen LogP contribution in [0, 0.1) is 5.41 Å². The van der Waals surface area contributed by atoms with Gasteiger partial charge in [-0.3, -0.25) is 9.69 Å². The van der Waals surface area contributed by atoms with E-state index in [-0.39, 0.29) is 12.5 Å². The Morgan fingerprint density at radius 1 is 1.32 bits per heavy atom. The van der Waals surface area contributed by atoms with E-state index in [0.29, 0.717) is 31.8 Å². The van der Waals surface area contributed by atoms with Crippen molar-refractivity contribution in [2.24, 2.45) is 5.41 Å².